The number of rotatable bonds is 17. The first-order chi connectivity index (χ1) is 18.9. The highest BCUT2D eigenvalue weighted by atomic mass is 32.2. The Morgan fingerprint density at radius 2 is 1.64 bits per heavy atom. The Morgan fingerprint density at radius 1 is 0.923 bits per heavy atom. The van der Waals surface area contributed by atoms with Crippen LogP contribution >= 0.6 is 11.8 Å². The topological polar surface area (TPSA) is 93.1 Å². The average Bonchev–Trinajstić information content (AvgIpc) is 2.93. The van der Waals surface area contributed by atoms with Crippen LogP contribution in [0.15, 0.2) is 66.7 Å². The van der Waals surface area contributed by atoms with E-state index in [4.69, 9.17) is 14.6 Å². The standard InChI is InChI=1S/C32H38O6S/c1-3-8-28-29(17-16-27(23(2)33)32(28)36)38-21-7-20-37-26-14-12-25(13-15-26)30(39-22-19-31(34)35)18-11-24-9-5-4-6-10-24/h4-6,9-10,12-17,30,36H,3,7-8,11,18-22H2,1-2H3,(H,34,35). The number of carboxylic acids is 1. The Labute approximate surface area is 235 Å². The molecule has 3 aromatic rings. The van der Waals surface area contributed by atoms with Crippen LogP contribution in [0.1, 0.15) is 71.8 Å². The maximum Gasteiger partial charge on any atom is 0.304 e. The molecule has 0 aliphatic rings. The molecule has 0 saturated heterocycles. The number of aliphatic carboxylic acids is 1. The van der Waals surface area contributed by atoms with Gasteiger partial charge in [-0.3, -0.25) is 9.59 Å². The second-order valence-electron chi connectivity index (χ2n) is 9.39. The molecular weight excluding hydrogens is 512 g/mol. The summed E-state index contributed by atoms with van der Waals surface area (Å²) in [6.45, 7) is 4.36. The lowest BCUT2D eigenvalue weighted by atomic mass is 10.0. The monoisotopic (exact) mass is 550 g/mol. The fourth-order valence-corrected chi connectivity index (χ4v) is 5.53. The molecule has 7 heteroatoms. The van der Waals surface area contributed by atoms with Gasteiger partial charge in [0.15, 0.2) is 5.78 Å². The molecule has 0 radical (unpaired) electrons. The second kappa shape index (κ2) is 15.8. The molecule has 208 valence electrons. The Kier molecular flexibility index (Phi) is 12.2. The molecule has 0 aromatic heterocycles. The number of aryl methyl sites for hydroxylation is 1. The van der Waals surface area contributed by atoms with Crippen LogP contribution in [-0.2, 0) is 17.6 Å². The Hall–Kier alpha value is -3.45. The molecule has 0 heterocycles. The van der Waals surface area contributed by atoms with Gasteiger partial charge in [0.25, 0.3) is 0 Å². The summed E-state index contributed by atoms with van der Waals surface area (Å²) in [5, 5.41) is 19.7. The van der Waals surface area contributed by atoms with Gasteiger partial charge in [-0.05, 0) is 61.6 Å². The van der Waals surface area contributed by atoms with E-state index in [1.54, 1.807) is 23.9 Å². The molecule has 39 heavy (non-hydrogen) atoms. The van der Waals surface area contributed by atoms with E-state index in [0.717, 1.165) is 30.6 Å². The number of carbonyl (C=O) groups is 2. The van der Waals surface area contributed by atoms with Gasteiger partial charge in [-0.15, -0.1) is 0 Å². The van der Waals surface area contributed by atoms with Gasteiger partial charge < -0.3 is 19.7 Å². The molecule has 0 amide bonds. The van der Waals surface area contributed by atoms with E-state index in [9.17, 15) is 14.7 Å². The first-order valence-electron chi connectivity index (χ1n) is 13.5. The van der Waals surface area contributed by atoms with Crippen molar-refractivity contribution in [2.24, 2.45) is 0 Å². The molecule has 1 unspecified atom stereocenters. The van der Waals surface area contributed by atoms with E-state index in [2.05, 4.69) is 24.3 Å². The van der Waals surface area contributed by atoms with Crippen molar-refractivity contribution in [3.8, 4) is 17.2 Å². The highest BCUT2D eigenvalue weighted by Gasteiger charge is 2.16. The maximum absolute atomic E-state index is 11.7. The summed E-state index contributed by atoms with van der Waals surface area (Å²) in [7, 11) is 0. The zero-order valence-electron chi connectivity index (χ0n) is 22.7. The molecule has 2 N–H and O–H groups in total. The van der Waals surface area contributed by atoms with Crippen molar-refractivity contribution < 1.29 is 29.3 Å². The number of carboxylic acid groups (broad SMARTS) is 1. The molecule has 0 aliphatic heterocycles. The number of benzene rings is 3. The molecular formula is C32H38O6S. The van der Waals surface area contributed by atoms with Gasteiger partial charge in [-0.25, -0.2) is 0 Å². The van der Waals surface area contributed by atoms with Gasteiger partial charge in [0.1, 0.15) is 17.2 Å². The first kappa shape index (κ1) is 30.1. The van der Waals surface area contributed by atoms with Crippen LogP contribution < -0.4 is 9.47 Å². The van der Waals surface area contributed by atoms with E-state index in [1.807, 2.05) is 37.3 Å². The summed E-state index contributed by atoms with van der Waals surface area (Å²) in [4.78, 5) is 22.8. The van der Waals surface area contributed by atoms with Crippen LogP contribution in [0.3, 0.4) is 0 Å². The third kappa shape index (κ3) is 9.66. The quantitative estimate of drug-likeness (QED) is 0.135. The number of ketones is 1. The predicted molar refractivity (Wildman–Crippen MR) is 156 cm³/mol. The van der Waals surface area contributed by atoms with E-state index in [1.165, 1.54) is 12.5 Å². The lowest BCUT2D eigenvalue weighted by molar-refractivity contribution is -0.136. The zero-order chi connectivity index (χ0) is 28.0. The van der Waals surface area contributed by atoms with Crippen LogP contribution in [-0.4, -0.2) is 40.9 Å². The van der Waals surface area contributed by atoms with Crippen LogP contribution in [0.5, 0.6) is 17.2 Å². The average molecular weight is 551 g/mol. The van der Waals surface area contributed by atoms with Gasteiger partial charge in [0, 0.05) is 23.0 Å². The molecule has 0 spiro atoms. The molecule has 0 aliphatic carbocycles. The predicted octanol–water partition coefficient (Wildman–Crippen LogP) is 7.28. The van der Waals surface area contributed by atoms with Crippen molar-refractivity contribution in [1.82, 2.24) is 0 Å². The normalized spacial score (nSPS) is 11.6. The summed E-state index contributed by atoms with van der Waals surface area (Å²) in [6.07, 6.45) is 4.12. The van der Waals surface area contributed by atoms with E-state index < -0.39 is 5.97 Å². The third-order valence-corrected chi connectivity index (χ3v) is 7.71. The number of aromatic hydroxyl groups is 1. The highest BCUT2D eigenvalue weighted by molar-refractivity contribution is 7.99. The lowest BCUT2D eigenvalue weighted by Gasteiger charge is -2.18. The van der Waals surface area contributed by atoms with Gasteiger partial charge in [0.05, 0.1) is 25.2 Å². The summed E-state index contributed by atoms with van der Waals surface area (Å²) >= 11 is 1.68. The summed E-state index contributed by atoms with van der Waals surface area (Å²) in [5.41, 5.74) is 3.43. The lowest BCUT2D eigenvalue weighted by Crippen LogP contribution is -2.07. The number of thioether (sulfide) groups is 1. The van der Waals surface area contributed by atoms with Gasteiger partial charge in [-0.2, -0.15) is 11.8 Å². The van der Waals surface area contributed by atoms with Crippen LogP contribution in [0.2, 0.25) is 0 Å². The third-order valence-electron chi connectivity index (χ3n) is 6.36. The fraction of sp³-hybridized carbons (Fsp3) is 0.375. The van der Waals surface area contributed by atoms with E-state index in [0.29, 0.717) is 48.7 Å². The number of hydrogen-bond donors (Lipinski definition) is 2. The van der Waals surface area contributed by atoms with Crippen LogP contribution in [0.4, 0.5) is 0 Å². The summed E-state index contributed by atoms with van der Waals surface area (Å²) in [5.74, 6) is 1.02. The molecule has 3 rings (SSSR count). The first-order valence-corrected chi connectivity index (χ1v) is 14.5. The molecule has 1 atom stereocenters. The van der Waals surface area contributed by atoms with E-state index >= 15 is 0 Å². The Balaban J connectivity index is 1.51. The van der Waals surface area contributed by atoms with Crippen molar-refractivity contribution in [2.75, 3.05) is 19.0 Å². The highest BCUT2D eigenvalue weighted by Crippen LogP contribution is 2.35. The molecule has 0 saturated carbocycles. The zero-order valence-corrected chi connectivity index (χ0v) is 23.5. The number of hydrogen-bond acceptors (Lipinski definition) is 6. The largest absolute Gasteiger partial charge is 0.507 e. The Bertz CT molecular complexity index is 1190. The van der Waals surface area contributed by atoms with Gasteiger partial charge in [-0.1, -0.05) is 55.8 Å². The van der Waals surface area contributed by atoms with Crippen molar-refractivity contribution in [1.29, 1.82) is 0 Å². The molecule has 6 nitrogen and oxygen atoms in total. The van der Waals surface area contributed by atoms with Crippen molar-refractivity contribution in [3.05, 3.63) is 89.0 Å². The van der Waals surface area contributed by atoms with Crippen LogP contribution in [0.25, 0.3) is 0 Å². The molecule has 3 aromatic carbocycles. The van der Waals surface area contributed by atoms with Crippen molar-refractivity contribution >= 4 is 23.5 Å². The fourth-order valence-electron chi connectivity index (χ4n) is 4.32. The number of phenols is 1. The smallest absolute Gasteiger partial charge is 0.304 e. The van der Waals surface area contributed by atoms with Gasteiger partial charge in [0.2, 0.25) is 0 Å². The minimum atomic E-state index is -0.775. The van der Waals surface area contributed by atoms with Crippen molar-refractivity contribution in [3.63, 3.8) is 0 Å². The number of phenolic OH excluding ortho intramolecular Hbond substituents is 1. The Morgan fingerprint density at radius 3 is 2.31 bits per heavy atom. The maximum atomic E-state index is 11.7. The summed E-state index contributed by atoms with van der Waals surface area (Å²) < 4.78 is 11.8. The number of Topliss-reactive ketones (excluding diaryl/α,β-unsaturated/α-hetero) is 1. The minimum Gasteiger partial charge on any atom is -0.507 e. The number of carbonyl (C=O) groups excluding carboxylic acids is 1. The molecule has 0 bridgehead atoms. The second-order valence-corrected chi connectivity index (χ2v) is 10.7. The molecule has 0 fully saturated rings. The van der Waals surface area contributed by atoms with Crippen molar-refractivity contribution in [2.45, 2.75) is 57.6 Å². The van der Waals surface area contributed by atoms with Crippen LogP contribution in [0, 0.1) is 0 Å². The van der Waals surface area contributed by atoms with Gasteiger partial charge >= 0.3 is 5.97 Å². The SMILES string of the molecule is CCCc1c(OCCCOc2ccc(C(CCc3ccccc3)SCCC(=O)O)cc2)ccc(C(C)=O)c1O. The summed E-state index contributed by atoms with van der Waals surface area (Å²) in [6, 6.07) is 21.7. The van der Waals surface area contributed by atoms with E-state index in [-0.39, 0.29) is 23.2 Å². The number of ether oxygens (including phenoxy) is 2. The minimum absolute atomic E-state index is 0.0152.